The molecule has 9 heteroatoms. The minimum Gasteiger partial charge on any atom is -0.364 e. The van der Waals surface area contributed by atoms with Crippen LogP contribution in [0.5, 0.6) is 0 Å². The zero-order valence-electron chi connectivity index (χ0n) is 14.2. The minimum absolute atomic E-state index is 0.189. The van der Waals surface area contributed by atoms with Gasteiger partial charge in [-0.3, -0.25) is 0 Å². The van der Waals surface area contributed by atoms with Crippen LogP contribution in [0.4, 0.5) is 5.13 Å². The number of thiazole rings is 1. The average molecular weight is 420 g/mol. The summed E-state index contributed by atoms with van der Waals surface area (Å²) >= 11 is 7.32. The van der Waals surface area contributed by atoms with Gasteiger partial charge in [0.1, 0.15) is 12.0 Å². The number of nitrogens with zero attached hydrogens (tertiary/aromatic N) is 3. The van der Waals surface area contributed by atoms with Crippen LogP contribution in [0.3, 0.4) is 0 Å². The van der Waals surface area contributed by atoms with Crippen molar-refractivity contribution in [2.75, 3.05) is 10.8 Å². The van der Waals surface area contributed by atoms with Gasteiger partial charge in [-0.1, -0.05) is 40.2 Å². The minimum atomic E-state index is -3.74. The van der Waals surface area contributed by atoms with E-state index in [0.29, 0.717) is 21.4 Å². The van der Waals surface area contributed by atoms with Crippen LogP contribution in [0.1, 0.15) is 6.92 Å². The molecule has 0 N–H and O–H groups in total. The molecular formula is C18H14ClN3O3S2. The molecule has 2 aromatic carbocycles. The number of anilines is 1. The van der Waals surface area contributed by atoms with Gasteiger partial charge in [0.15, 0.2) is 0 Å². The smallest absolute Gasteiger partial charge is 0.266 e. The van der Waals surface area contributed by atoms with E-state index in [4.69, 9.17) is 16.1 Å². The van der Waals surface area contributed by atoms with Crippen molar-refractivity contribution in [1.82, 2.24) is 10.1 Å². The van der Waals surface area contributed by atoms with E-state index < -0.39 is 10.0 Å². The molecule has 0 bridgehead atoms. The number of sulfonamides is 1. The van der Waals surface area contributed by atoms with Crippen molar-refractivity contribution in [1.29, 1.82) is 0 Å². The Morgan fingerprint density at radius 3 is 2.59 bits per heavy atom. The van der Waals surface area contributed by atoms with Gasteiger partial charge in [0.05, 0.1) is 15.1 Å². The van der Waals surface area contributed by atoms with E-state index in [1.54, 1.807) is 49.4 Å². The first kappa shape index (κ1) is 18.0. The van der Waals surface area contributed by atoms with Gasteiger partial charge in [0, 0.05) is 23.2 Å². The fourth-order valence-corrected chi connectivity index (χ4v) is 5.50. The van der Waals surface area contributed by atoms with Gasteiger partial charge in [-0.25, -0.2) is 17.7 Å². The lowest BCUT2D eigenvalue weighted by atomic mass is 10.2. The molecule has 0 fully saturated rings. The molecule has 0 saturated carbocycles. The number of hydrogen-bond acceptors (Lipinski definition) is 6. The van der Waals surface area contributed by atoms with Crippen molar-refractivity contribution in [2.24, 2.45) is 0 Å². The predicted octanol–water partition coefficient (Wildman–Crippen LogP) is 4.82. The van der Waals surface area contributed by atoms with E-state index >= 15 is 0 Å². The number of fused-ring (bicyclic) bond motifs is 1. The maximum absolute atomic E-state index is 13.1. The van der Waals surface area contributed by atoms with Gasteiger partial charge >= 0.3 is 0 Å². The summed E-state index contributed by atoms with van der Waals surface area (Å²) in [5, 5.41) is 4.83. The van der Waals surface area contributed by atoms with Crippen molar-refractivity contribution in [3.63, 3.8) is 0 Å². The lowest BCUT2D eigenvalue weighted by Crippen LogP contribution is -2.30. The van der Waals surface area contributed by atoms with Crippen LogP contribution in [0.2, 0.25) is 5.02 Å². The molecular weight excluding hydrogens is 406 g/mol. The summed E-state index contributed by atoms with van der Waals surface area (Å²) in [4.78, 5) is 4.64. The quantitative estimate of drug-likeness (QED) is 0.463. The molecule has 0 spiro atoms. The first-order chi connectivity index (χ1) is 13.0. The monoisotopic (exact) mass is 419 g/mol. The van der Waals surface area contributed by atoms with Gasteiger partial charge in [0.25, 0.3) is 10.0 Å². The van der Waals surface area contributed by atoms with Crippen LogP contribution in [0, 0.1) is 0 Å². The molecule has 0 atom stereocenters. The van der Waals surface area contributed by atoms with Crippen LogP contribution in [-0.2, 0) is 10.0 Å². The Kier molecular flexibility index (Phi) is 4.63. The molecule has 0 aliphatic heterocycles. The van der Waals surface area contributed by atoms with Crippen molar-refractivity contribution in [3.05, 3.63) is 59.8 Å². The molecule has 0 radical (unpaired) electrons. The third kappa shape index (κ3) is 3.31. The van der Waals surface area contributed by atoms with Crippen LogP contribution >= 0.6 is 22.9 Å². The highest BCUT2D eigenvalue weighted by Crippen LogP contribution is 2.33. The van der Waals surface area contributed by atoms with Crippen LogP contribution < -0.4 is 4.31 Å². The summed E-state index contributed by atoms with van der Waals surface area (Å²) in [5.41, 5.74) is 2.10. The normalized spacial score (nSPS) is 11.8. The van der Waals surface area contributed by atoms with Gasteiger partial charge in [-0.15, -0.1) is 0 Å². The molecule has 2 aromatic heterocycles. The summed E-state index contributed by atoms with van der Waals surface area (Å²) < 4.78 is 33.3. The SMILES string of the molecule is CCN(c1nc2cc(Cl)ccc2s1)S(=O)(=O)c1ccc(-c2ccon2)cc1. The topological polar surface area (TPSA) is 76.3 Å². The number of aromatic nitrogens is 2. The first-order valence-corrected chi connectivity index (χ1v) is 10.7. The lowest BCUT2D eigenvalue weighted by Gasteiger charge is -2.19. The fraction of sp³-hybridized carbons (Fsp3) is 0.111. The highest BCUT2D eigenvalue weighted by atomic mass is 35.5. The summed E-state index contributed by atoms with van der Waals surface area (Å²) in [6.07, 6.45) is 1.47. The highest BCUT2D eigenvalue weighted by molar-refractivity contribution is 7.93. The first-order valence-electron chi connectivity index (χ1n) is 8.08. The van der Waals surface area contributed by atoms with Gasteiger partial charge in [-0.2, -0.15) is 0 Å². The summed E-state index contributed by atoms with van der Waals surface area (Å²) in [7, 11) is -3.74. The summed E-state index contributed by atoms with van der Waals surface area (Å²) in [5.74, 6) is 0. The summed E-state index contributed by atoms with van der Waals surface area (Å²) in [6, 6.07) is 13.6. The van der Waals surface area contributed by atoms with Gasteiger partial charge in [-0.05, 0) is 37.3 Å². The molecule has 0 aliphatic carbocycles. The van der Waals surface area contributed by atoms with Crippen LogP contribution in [0.15, 0.2) is 64.2 Å². The van der Waals surface area contributed by atoms with Crippen molar-refractivity contribution in [3.8, 4) is 11.3 Å². The Hall–Kier alpha value is -2.42. The van der Waals surface area contributed by atoms with Crippen molar-refractivity contribution in [2.45, 2.75) is 11.8 Å². The van der Waals surface area contributed by atoms with Crippen LogP contribution in [-0.4, -0.2) is 25.1 Å². The predicted molar refractivity (Wildman–Crippen MR) is 107 cm³/mol. The Morgan fingerprint density at radius 1 is 1.15 bits per heavy atom. The zero-order chi connectivity index (χ0) is 19.0. The van der Waals surface area contributed by atoms with Crippen molar-refractivity contribution < 1.29 is 12.9 Å². The largest absolute Gasteiger partial charge is 0.364 e. The maximum Gasteiger partial charge on any atom is 0.266 e. The number of benzene rings is 2. The zero-order valence-corrected chi connectivity index (χ0v) is 16.6. The van der Waals surface area contributed by atoms with Gasteiger partial charge < -0.3 is 4.52 Å². The highest BCUT2D eigenvalue weighted by Gasteiger charge is 2.26. The molecule has 0 saturated heterocycles. The molecule has 6 nitrogen and oxygen atoms in total. The second-order valence-electron chi connectivity index (χ2n) is 5.69. The number of rotatable bonds is 5. The van der Waals surface area contributed by atoms with Crippen LogP contribution in [0.25, 0.3) is 21.5 Å². The number of hydrogen-bond donors (Lipinski definition) is 0. The second kappa shape index (κ2) is 6.95. The van der Waals surface area contributed by atoms with E-state index in [2.05, 4.69) is 10.1 Å². The average Bonchev–Trinajstić information content (AvgIpc) is 3.31. The molecule has 2 heterocycles. The van der Waals surface area contributed by atoms with E-state index in [9.17, 15) is 8.42 Å². The molecule has 0 unspecified atom stereocenters. The second-order valence-corrected chi connectivity index (χ2v) is 9.00. The van der Waals surface area contributed by atoms with E-state index in [1.165, 1.54) is 21.9 Å². The Bertz CT molecular complexity index is 1190. The Balaban J connectivity index is 1.71. The number of halogens is 1. The third-order valence-corrected chi connectivity index (χ3v) is 7.30. The fourth-order valence-electron chi connectivity index (χ4n) is 2.69. The molecule has 4 rings (SSSR count). The van der Waals surface area contributed by atoms with Crippen molar-refractivity contribution >= 4 is 48.3 Å². The Labute approximate surface area is 165 Å². The van der Waals surface area contributed by atoms with E-state index in [0.717, 1.165) is 10.3 Å². The molecule has 138 valence electrons. The molecule has 0 amide bonds. The van der Waals surface area contributed by atoms with E-state index in [-0.39, 0.29) is 11.4 Å². The standard InChI is InChI=1S/C18H14ClN3O3S2/c1-2-22(18-20-16-11-13(19)5-8-17(16)26-18)27(23,24)14-6-3-12(4-7-14)15-9-10-25-21-15/h3-11H,2H2,1H3. The van der Waals surface area contributed by atoms with Gasteiger partial charge in [0.2, 0.25) is 5.13 Å². The Morgan fingerprint density at radius 2 is 1.93 bits per heavy atom. The third-order valence-electron chi connectivity index (χ3n) is 4.01. The molecule has 27 heavy (non-hydrogen) atoms. The maximum atomic E-state index is 13.1. The lowest BCUT2D eigenvalue weighted by molar-refractivity contribution is 0.422. The molecule has 4 aromatic rings. The molecule has 0 aliphatic rings. The summed E-state index contributed by atoms with van der Waals surface area (Å²) in [6.45, 7) is 2.04. The van der Waals surface area contributed by atoms with E-state index in [1.807, 2.05) is 6.07 Å².